The molecule has 3 aromatic carbocycles. The number of carbonyl (C=O) groups is 1. The highest BCUT2D eigenvalue weighted by Gasteiger charge is 2.56. The Kier molecular flexibility index (Phi) is 7.27. The summed E-state index contributed by atoms with van der Waals surface area (Å²) >= 11 is 0. The molecule has 6 nitrogen and oxygen atoms in total. The summed E-state index contributed by atoms with van der Waals surface area (Å²) in [6, 6.07) is 31.1. The van der Waals surface area contributed by atoms with E-state index in [2.05, 4.69) is 91.7 Å². The average Bonchev–Trinajstić information content (AvgIpc) is 3.68. The molecule has 6 heteroatoms. The second kappa shape index (κ2) is 10.9. The Hall–Kier alpha value is -4.16. The minimum atomic E-state index is -0.341. The van der Waals surface area contributed by atoms with Crippen molar-refractivity contribution in [1.82, 2.24) is 9.88 Å². The van der Waals surface area contributed by atoms with Gasteiger partial charge in [-0.2, -0.15) is 0 Å². The Bertz CT molecular complexity index is 1570. The Morgan fingerprint density at radius 2 is 1.71 bits per heavy atom. The summed E-state index contributed by atoms with van der Waals surface area (Å²) in [7, 11) is 0. The molecular formula is C36H40N4O2. The second-order valence-electron chi connectivity index (χ2n) is 12.8. The van der Waals surface area contributed by atoms with E-state index >= 15 is 0 Å². The Morgan fingerprint density at radius 3 is 2.40 bits per heavy atom. The first-order valence-electron chi connectivity index (χ1n) is 14.9. The largest absolute Gasteiger partial charge is 0.443 e. The van der Waals surface area contributed by atoms with Crippen LogP contribution in [0.3, 0.4) is 0 Å². The number of aromatic nitrogens is 1. The first-order chi connectivity index (χ1) is 20.1. The number of benzene rings is 3. The lowest BCUT2D eigenvalue weighted by Gasteiger charge is -2.28. The maximum atomic E-state index is 13.1. The fraction of sp³-hybridized carbons (Fsp3) is 0.333. The molecule has 0 radical (unpaired) electrons. The van der Waals surface area contributed by atoms with Crippen molar-refractivity contribution in [3.05, 3.63) is 113 Å². The molecule has 1 aliphatic heterocycles. The van der Waals surface area contributed by atoms with Gasteiger partial charge in [-0.1, -0.05) is 87.5 Å². The number of pyridine rings is 1. The summed E-state index contributed by atoms with van der Waals surface area (Å²) in [6.07, 6.45) is 1.93. The number of carbonyl (C=O) groups excluding carboxylic acids is 1. The first-order valence-corrected chi connectivity index (χ1v) is 14.9. The van der Waals surface area contributed by atoms with Gasteiger partial charge in [0.1, 0.15) is 11.9 Å². The highest BCUT2D eigenvalue weighted by Crippen LogP contribution is 2.53. The third kappa shape index (κ3) is 5.77. The van der Waals surface area contributed by atoms with Gasteiger partial charge in [0.2, 0.25) is 0 Å². The minimum absolute atomic E-state index is 0.0508. The van der Waals surface area contributed by atoms with E-state index in [1.807, 2.05) is 42.2 Å². The third-order valence-electron chi connectivity index (χ3n) is 8.58. The lowest BCUT2D eigenvalue weighted by molar-refractivity contribution is 0.116. The third-order valence-corrected chi connectivity index (χ3v) is 8.58. The van der Waals surface area contributed by atoms with Crippen LogP contribution in [0.25, 0.3) is 11.1 Å². The second-order valence-corrected chi connectivity index (χ2v) is 12.8. The Balaban J connectivity index is 1.10. The van der Waals surface area contributed by atoms with E-state index in [0.29, 0.717) is 13.0 Å². The molecule has 3 N–H and O–H groups in total. The van der Waals surface area contributed by atoms with Gasteiger partial charge in [0.15, 0.2) is 0 Å². The van der Waals surface area contributed by atoms with E-state index in [9.17, 15) is 4.79 Å². The van der Waals surface area contributed by atoms with Crippen molar-refractivity contribution in [3.8, 4) is 11.1 Å². The van der Waals surface area contributed by atoms with Gasteiger partial charge in [-0.3, -0.25) is 4.90 Å². The van der Waals surface area contributed by atoms with E-state index in [-0.39, 0.29) is 29.2 Å². The number of anilines is 2. The highest BCUT2D eigenvalue weighted by atomic mass is 16.6. The number of nitrogens with one attached hydrogen (secondary N) is 1. The van der Waals surface area contributed by atoms with E-state index in [1.54, 1.807) is 0 Å². The molecule has 0 bridgehead atoms. The van der Waals surface area contributed by atoms with Crippen LogP contribution in [0, 0.1) is 6.92 Å². The monoisotopic (exact) mass is 560 g/mol. The highest BCUT2D eigenvalue weighted by molar-refractivity contribution is 5.72. The molecule has 1 saturated heterocycles. The molecule has 4 aromatic rings. The molecule has 0 spiro atoms. The maximum absolute atomic E-state index is 13.1. The number of cyclic esters (lactones) is 1. The zero-order chi connectivity index (χ0) is 29.5. The fourth-order valence-corrected chi connectivity index (χ4v) is 5.97. The quantitative estimate of drug-likeness (QED) is 0.234. The number of hydrogen-bond acceptors (Lipinski definition) is 5. The van der Waals surface area contributed by atoms with Crippen LogP contribution < -0.4 is 11.1 Å². The average molecular weight is 561 g/mol. The van der Waals surface area contributed by atoms with Crippen LogP contribution in [0.1, 0.15) is 56.0 Å². The number of hydrogen-bond donors (Lipinski definition) is 2. The van der Waals surface area contributed by atoms with Crippen molar-refractivity contribution < 1.29 is 9.53 Å². The van der Waals surface area contributed by atoms with Crippen LogP contribution >= 0.6 is 0 Å². The SMILES string of the molecule is Cc1cc(-c2ccccc2)cc(Nc2ccc(C[C@H](N)C3CN(C4(c5cccc(C(C)(C)C)c5)CC4)C(=O)O3)cc2)n1. The van der Waals surface area contributed by atoms with E-state index in [1.165, 1.54) is 11.1 Å². The lowest BCUT2D eigenvalue weighted by Crippen LogP contribution is -2.41. The zero-order valence-corrected chi connectivity index (χ0v) is 24.9. The molecule has 1 aliphatic carbocycles. The van der Waals surface area contributed by atoms with Crippen LogP contribution in [-0.4, -0.2) is 34.7 Å². The summed E-state index contributed by atoms with van der Waals surface area (Å²) in [4.78, 5) is 19.7. The predicted octanol–water partition coefficient (Wildman–Crippen LogP) is 7.48. The van der Waals surface area contributed by atoms with Gasteiger partial charge in [0, 0.05) is 17.4 Å². The van der Waals surface area contributed by atoms with Crippen LogP contribution in [0.15, 0.2) is 91.0 Å². The normalized spacial score (nSPS) is 18.5. The van der Waals surface area contributed by atoms with Crippen LogP contribution in [0.2, 0.25) is 0 Å². The zero-order valence-electron chi connectivity index (χ0n) is 24.9. The minimum Gasteiger partial charge on any atom is -0.443 e. The number of aryl methyl sites for hydroxylation is 1. The summed E-state index contributed by atoms with van der Waals surface area (Å²) in [6.45, 7) is 9.17. The summed E-state index contributed by atoms with van der Waals surface area (Å²) in [5, 5.41) is 3.44. The summed E-state index contributed by atoms with van der Waals surface area (Å²) < 4.78 is 5.86. The molecule has 1 saturated carbocycles. The number of amides is 1. The maximum Gasteiger partial charge on any atom is 0.411 e. The van der Waals surface area contributed by atoms with Gasteiger partial charge >= 0.3 is 6.09 Å². The van der Waals surface area contributed by atoms with Gasteiger partial charge in [0.05, 0.1) is 12.1 Å². The van der Waals surface area contributed by atoms with Crippen molar-refractivity contribution in [2.45, 2.75) is 70.1 Å². The predicted molar refractivity (Wildman–Crippen MR) is 169 cm³/mol. The molecule has 2 heterocycles. The Morgan fingerprint density at radius 1 is 0.976 bits per heavy atom. The van der Waals surface area contributed by atoms with Crippen molar-refractivity contribution >= 4 is 17.6 Å². The van der Waals surface area contributed by atoms with Gasteiger partial charge in [-0.05, 0) is 83.7 Å². The molecule has 2 atom stereocenters. The molecule has 216 valence electrons. The molecule has 1 aromatic heterocycles. The topological polar surface area (TPSA) is 80.5 Å². The number of nitrogens with zero attached hydrogens (tertiary/aromatic N) is 2. The Labute approximate surface area is 248 Å². The van der Waals surface area contributed by atoms with E-state index in [4.69, 9.17) is 10.5 Å². The standard InChI is InChI=1S/C36H40N4O2/c1-24-19-27(26-9-6-5-7-10-26)21-33(38-24)39-30-15-13-25(14-16-30)20-31(37)32-23-40(34(41)42-32)36(17-18-36)29-12-8-11-28(22-29)35(2,3)4/h5-16,19,21-22,31-32H,17-18,20,23,37H2,1-4H3,(H,38,39)/t31-,32?/m0/s1. The number of nitrogens with two attached hydrogens (primary N) is 1. The van der Waals surface area contributed by atoms with E-state index in [0.717, 1.165) is 46.7 Å². The van der Waals surface area contributed by atoms with Crippen molar-refractivity contribution in [1.29, 1.82) is 0 Å². The summed E-state index contributed by atoms with van der Waals surface area (Å²) in [5.74, 6) is 0.804. The molecule has 2 fully saturated rings. The molecule has 6 rings (SSSR count). The van der Waals surface area contributed by atoms with E-state index < -0.39 is 0 Å². The molecule has 42 heavy (non-hydrogen) atoms. The van der Waals surface area contributed by atoms with Gasteiger partial charge in [0.25, 0.3) is 0 Å². The van der Waals surface area contributed by atoms with Crippen molar-refractivity contribution in [2.75, 3.05) is 11.9 Å². The first kappa shape index (κ1) is 28.0. The molecule has 1 unspecified atom stereocenters. The van der Waals surface area contributed by atoms with Crippen molar-refractivity contribution in [2.24, 2.45) is 5.73 Å². The number of ether oxygens (including phenoxy) is 1. The molecule has 2 aliphatic rings. The lowest BCUT2D eigenvalue weighted by atomic mass is 9.85. The van der Waals surface area contributed by atoms with Crippen LogP contribution in [0.5, 0.6) is 0 Å². The van der Waals surface area contributed by atoms with Crippen LogP contribution in [-0.2, 0) is 22.1 Å². The van der Waals surface area contributed by atoms with Gasteiger partial charge in [-0.15, -0.1) is 0 Å². The fourth-order valence-electron chi connectivity index (χ4n) is 5.97. The molecule has 1 amide bonds. The van der Waals surface area contributed by atoms with Crippen molar-refractivity contribution in [3.63, 3.8) is 0 Å². The summed E-state index contributed by atoms with van der Waals surface area (Å²) in [5.41, 5.74) is 14.2. The van der Waals surface area contributed by atoms with Crippen LogP contribution in [0.4, 0.5) is 16.3 Å². The smallest absolute Gasteiger partial charge is 0.411 e. The van der Waals surface area contributed by atoms with Gasteiger partial charge < -0.3 is 15.8 Å². The number of rotatable bonds is 8. The molecular weight excluding hydrogens is 520 g/mol. The van der Waals surface area contributed by atoms with Gasteiger partial charge in [-0.25, -0.2) is 9.78 Å².